The standard InChI is InChI=1S/C17H25FN2O2/c1-19-12-14-6-4-10-20(13-14)17(21)9-5-11-22-16-8-3-2-7-15(16)18/h2-3,7-8,14,19H,4-6,9-13H2,1H3. The first-order valence-corrected chi connectivity index (χ1v) is 8.00. The van der Waals surface area contributed by atoms with Crippen molar-refractivity contribution >= 4 is 5.91 Å². The summed E-state index contributed by atoms with van der Waals surface area (Å²) in [5.74, 6) is 0.622. The largest absolute Gasteiger partial charge is 0.491 e. The highest BCUT2D eigenvalue weighted by molar-refractivity contribution is 5.76. The summed E-state index contributed by atoms with van der Waals surface area (Å²) in [7, 11) is 1.95. The highest BCUT2D eigenvalue weighted by Gasteiger charge is 2.22. The molecule has 122 valence electrons. The van der Waals surface area contributed by atoms with Crippen LogP contribution in [0.15, 0.2) is 24.3 Å². The van der Waals surface area contributed by atoms with Crippen LogP contribution in [0, 0.1) is 11.7 Å². The van der Waals surface area contributed by atoms with Crippen LogP contribution >= 0.6 is 0 Å². The number of halogens is 1. The predicted molar refractivity (Wildman–Crippen MR) is 84.4 cm³/mol. The van der Waals surface area contributed by atoms with E-state index in [0.717, 1.165) is 26.1 Å². The molecule has 0 bridgehead atoms. The third kappa shape index (κ3) is 4.98. The molecule has 0 aliphatic carbocycles. The van der Waals surface area contributed by atoms with Crippen molar-refractivity contribution in [3.05, 3.63) is 30.1 Å². The van der Waals surface area contributed by atoms with Crippen LogP contribution in [-0.4, -0.2) is 44.1 Å². The van der Waals surface area contributed by atoms with Crippen molar-refractivity contribution < 1.29 is 13.9 Å². The van der Waals surface area contributed by atoms with Gasteiger partial charge >= 0.3 is 0 Å². The second-order valence-electron chi connectivity index (χ2n) is 5.79. The van der Waals surface area contributed by atoms with E-state index in [1.807, 2.05) is 11.9 Å². The maximum absolute atomic E-state index is 13.4. The second-order valence-corrected chi connectivity index (χ2v) is 5.79. The zero-order valence-corrected chi connectivity index (χ0v) is 13.2. The van der Waals surface area contributed by atoms with Crippen molar-refractivity contribution in [1.29, 1.82) is 0 Å². The van der Waals surface area contributed by atoms with Crippen LogP contribution < -0.4 is 10.1 Å². The smallest absolute Gasteiger partial charge is 0.222 e. The summed E-state index contributed by atoms with van der Waals surface area (Å²) >= 11 is 0. The molecule has 5 heteroatoms. The number of hydrogen-bond acceptors (Lipinski definition) is 3. The lowest BCUT2D eigenvalue weighted by molar-refractivity contribution is -0.133. The lowest BCUT2D eigenvalue weighted by Gasteiger charge is -2.32. The molecular weight excluding hydrogens is 283 g/mol. The van der Waals surface area contributed by atoms with Gasteiger partial charge in [0.15, 0.2) is 11.6 Å². The lowest BCUT2D eigenvalue weighted by atomic mass is 9.97. The third-order valence-corrected chi connectivity index (χ3v) is 3.99. The number of hydrogen-bond donors (Lipinski definition) is 1. The second kappa shape index (κ2) is 8.73. The number of piperidine rings is 1. The van der Waals surface area contributed by atoms with Gasteiger partial charge in [-0.2, -0.15) is 0 Å². The molecule has 1 saturated heterocycles. The molecule has 1 atom stereocenters. The van der Waals surface area contributed by atoms with Gasteiger partial charge in [-0.05, 0) is 50.9 Å². The Morgan fingerprint density at radius 2 is 2.27 bits per heavy atom. The summed E-state index contributed by atoms with van der Waals surface area (Å²) in [6.45, 7) is 3.02. The van der Waals surface area contributed by atoms with Gasteiger partial charge in [0.1, 0.15) is 0 Å². The maximum atomic E-state index is 13.4. The number of nitrogens with zero attached hydrogens (tertiary/aromatic N) is 1. The molecule has 1 aromatic carbocycles. The molecular formula is C17H25FN2O2. The number of carbonyl (C=O) groups excluding carboxylic acids is 1. The van der Waals surface area contributed by atoms with Crippen molar-refractivity contribution in [3.63, 3.8) is 0 Å². The molecule has 0 spiro atoms. The SMILES string of the molecule is CNCC1CCCN(C(=O)CCCOc2ccccc2F)C1. The van der Waals surface area contributed by atoms with E-state index < -0.39 is 0 Å². The Morgan fingerprint density at radius 1 is 1.45 bits per heavy atom. The average molecular weight is 308 g/mol. The molecule has 22 heavy (non-hydrogen) atoms. The van der Waals surface area contributed by atoms with E-state index in [1.165, 1.54) is 12.5 Å². The van der Waals surface area contributed by atoms with Crippen molar-refractivity contribution in [3.8, 4) is 5.75 Å². The first kappa shape index (κ1) is 16.7. The van der Waals surface area contributed by atoms with Crippen molar-refractivity contribution in [2.75, 3.05) is 33.3 Å². The summed E-state index contributed by atoms with van der Waals surface area (Å²) in [6.07, 6.45) is 3.33. The fourth-order valence-corrected chi connectivity index (χ4v) is 2.87. The summed E-state index contributed by atoms with van der Waals surface area (Å²) in [5.41, 5.74) is 0. The third-order valence-electron chi connectivity index (χ3n) is 3.99. The van der Waals surface area contributed by atoms with Gasteiger partial charge in [-0.25, -0.2) is 4.39 Å². The summed E-state index contributed by atoms with van der Waals surface area (Å²) < 4.78 is 18.8. The van der Waals surface area contributed by atoms with E-state index in [9.17, 15) is 9.18 Å². The number of carbonyl (C=O) groups is 1. The van der Waals surface area contributed by atoms with Gasteiger partial charge in [0.2, 0.25) is 5.91 Å². The zero-order chi connectivity index (χ0) is 15.8. The molecule has 0 saturated carbocycles. The van der Waals surface area contributed by atoms with Gasteiger partial charge in [-0.15, -0.1) is 0 Å². The number of ether oxygens (including phenoxy) is 1. The van der Waals surface area contributed by atoms with E-state index in [1.54, 1.807) is 18.2 Å². The number of benzene rings is 1. The zero-order valence-electron chi connectivity index (χ0n) is 13.2. The molecule has 1 unspecified atom stereocenters. The van der Waals surface area contributed by atoms with Crippen LogP contribution in [0.2, 0.25) is 0 Å². The maximum Gasteiger partial charge on any atom is 0.222 e. The predicted octanol–water partition coefficient (Wildman–Crippen LogP) is 2.44. The highest BCUT2D eigenvalue weighted by atomic mass is 19.1. The Labute approximate surface area is 131 Å². The minimum atomic E-state index is -0.361. The highest BCUT2D eigenvalue weighted by Crippen LogP contribution is 2.18. The number of likely N-dealkylation sites (tertiary alicyclic amines) is 1. The molecule has 1 aromatic rings. The van der Waals surface area contributed by atoms with E-state index in [2.05, 4.69) is 5.32 Å². The minimum Gasteiger partial charge on any atom is -0.491 e. The van der Waals surface area contributed by atoms with E-state index in [4.69, 9.17) is 4.74 Å². The lowest BCUT2D eigenvalue weighted by Crippen LogP contribution is -2.42. The molecule has 1 fully saturated rings. The first-order valence-electron chi connectivity index (χ1n) is 8.00. The van der Waals surface area contributed by atoms with Gasteiger partial charge in [-0.1, -0.05) is 12.1 Å². The van der Waals surface area contributed by atoms with Crippen LogP contribution in [0.3, 0.4) is 0 Å². The number of amides is 1. The fourth-order valence-electron chi connectivity index (χ4n) is 2.87. The van der Waals surface area contributed by atoms with Crippen molar-refractivity contribution in [1.82, 2.24) is 10.2 Å². The Bertz CT molecular complexity index is 479. The van der Waals surface area contributed by atoms with Crippen LogP contribution in [0.5, 0.6) is 5.75 Å². The molecule has 1 amide bonds. The van der Waals surface area contributed by atoms with Gasteiger partial charge in [0.05, 0.1) is 6.61 Å². The molecule has 1 heterocycles. The summed E-state index contributed by atoms with van der Waals surface area (Å²) in [6, 6.07) is 6.34. The summed E-state index contributed by atoms with van der Waals surface area (Å²) in [4.78, 5) is 14.2. The van der Waals surface area contributed by atoms with Gasteiger partial charge < -0.3 is 15.0 Å². The molecule has 1 aliphatic rings. The van der Waals surface area contributed by atoms with Gasteiger partial charge in [0, 0.05) is 19.5 Å². The van der Waals surface area contributed by atoms with Crippen LogP contribution in [0.4, 0.5) is 4.39 Å². The molecule has 1 aliphatic heterocycles. The Kier molecular flexibility index (Phi) is 6.65. The first-order chi connectivity index (χ1) is 10.7. The molecule has 0 aromatic heterocycles. The molecule has 1 N–H and O–H groups in total. The number of nitrogens with one attached hydrogen (secondary N) is 1. The Balaban J connectivity index is 1.68. The van der Waals surface area contributed by atoms with Crippen LogP contribution in [-0.2, 0) is 4.79 Å². The number of para-hydroxylation sites is 1. The van der Waals surface area contributed by atoms with E-state index in [0.29, 0.717) is 25.4 Å². The Hall–Kier alpha value is -1.62. The van der Waals surface area contributed by atoms with Crippen LogP contribution in [0.25, 0.3) is 0 Å². The number of rotatable bonds is 7. The van der Waals surface area contributed by atoms with Crippen LogP contribution in [0.1, 0.15) is 25.7 Å². The van der Waals surface area contributed by atoms with E-state index >= 15 is 0 Å². The van der Waals surface area contributed by atoms with Crippen molar-refractivity contribution in [2.24, 2.45) is 5.92 Å². The normalized spacial score (nSPS) is 18.3. The quantitative estimate of drug-likeness (QED) is 0.787. The molecule has 2 rings (SSSR count). The average Bonchev–Trinajstić information content (AvgIpc) is 2.53. The van der Waals surface area contributed by atoms with Gasteiger partial charge in [-0.3, -0.25) is 4.79 Å². The monoisotopic (exact) mass is 308 g/mol. The summed E-state index contributed by atoms with van der Waals surface area (Å²) in [5, 5.41) is 3.18. The van der Waals surface area contributed by atoms with Gasteiger partial charge in [0.25, 0.3) is 0 Å². The molecule has 0 radical (unpaired) electrons. The van der Waals surface area contributed by atoms with E-state index in [-0.39, 0.29) is 17.5 Å². The Morgan fingerprint density at radius 3 is 3.05 bits per heavy atom. The fraction of sp³-hybridized carbons (Fsp3) is 0.588. The minimum absolute atomic E-state index is 0.179. The van der Waals surface area contributed by atoms with Crippen molar-refractivity contribution in [2.45, 2.75) is 25.7 Å². The molecule has 4 nitrogen and oxygen atoms in total. The topological polar surface area (TPSA) is 41.6 Å².